The zero-order valence-corrected chi connectivity index (χ0v) is 19.8. The quantitative estimate of drug-likeness (QED) is 0.581. The van der Waals surface area contributed by atoms with Gasteiger partial charge in [0.2, 0.25) is 0 Å². The van der Waals surface area contributed by atoms with E-state index >= 15 is 0 Å². The van der Waals surface area contributed by atoms with E-state index in [1.165, 1.54) is 60.7 Å². The van der Waals surface area contributed by atoms with Crippen LogP contribution in [0.15, 0.2) is 18.2 Å². The van der Waals surface area contributed by atoms with Crippen LogP contribution in [0.25, 0.3) is 5.57 Å². The molecule has 0 bridgehead atoms. The molecule has 0 N–H and O–H groups in total. The van der Waals surface area contributed by atoms with Crippen LogP contribution in [0.5, 0.6) is 0 Å². The zero-order chi connectivity index (χ0) is 15.5. The molecule has 2 aliphatic carbocycles. The fourth-order valence-corrected chi connectivity index (χ4v) is 4.31. The van der Waals surface area contributed by atoms with E-state index in [4.69, 9.17) is 0 Å². The van der Waals surface area contributed by atoms with Crippen molar-refractivity contribution < 1.29 is 63.0 Å². The molecule has 1 fully saturated rings. The fraction of sp³-hybridized carbons (Fsp3) is 0.571. The van der Waals surface area contributed by atoms with Crippen molar-refractivity contribution in [3.63, 3.8) is 0 Å². The third kappa shape index (κ3) is 4.74. The van der Waals surface area contributed by atoms with Crippen LogP contribution in [0.4, 0.5) is 0 Å². The summed E-state index contributed by atoms with van der Waals surface area (Å²) in [7, 11) is 0. The van der Waals surface area contributed by atoms with Gasteiger partial charge in [-0.3, -0.25) is 0 Å². The first kappa shape index (κ1) is 19.8. The summed E-state index contributed by atoms with van der Waals surface area (Å²) in [6, 6.07) is 7.58. The van der Waals surface area contributed by atoms with Gasteiger partial charge in [-0.2, -0.15) is 23.8 Å². The monoisotopic (exact) mass is 380 g/mol. The first-order valence-electron chi connectivity index (χ1n) is 8.81. The van der Waals surface area contributed by atoms with E-state index in [0.29, 0.717) is 5.92 Å². The molecule has 0 spiro atoms. The average molecular weight is 381 g/mol. The number of aryl methyl sites for hydroxylation is 1. The molecule has 0 aromatic heterocycles. The van der Waals surface area contributed by atoms with Gasteiger partial charge in [-0.05, 0) is 56.8 Å². The van der Waals surface area contributed by atoms with Gasteiger partial charge in [-0.1, -0.05) is 25.5 Å². The predicted molar refractivity (Wildman–Crippen MR) is 91.6 cm³/mol. The van der Waals surface area contributed by atoms with E-state index in [1.807, 2.05) is 0 Å². The Morgan fingerprint density at radius 1 is 1.09 bits per heavy atom. The van der Waals surface area contributed by atoms with Gasteiger partial charge in [-0.15, -0.1) is 11.1 Å². The van der Waals surface area contributed by atoms with Crippen LogP contribution in [-0.4, -0.2) is 6.29 Å². The molecular formula is C21H27ORb. The number of aldehydes is 1. The molecule has 1 aromatic rings. The Labute approximate surface area is 190 Å². The Kier molecular flexibility index (Phi) is 7.92. The molecule has 2 heteroatoms. The Balaban J connectivity index is 0.00000192. The molecule has 23 heavy (non-hydrogen) atoms. The van der Waals surface area contributed by atoms with E-state index in [-0.39, 0.29) is 58.2 Å². The molecule has 1 aromatic carbocycles. The largest absolute Gasteiger partial charge is 1.00 e. The average Bonchev–Trinajstić information content (AvgIpc) is 2.58. The molecule has 0 amide bonds. The van der Waals surface area contributed by atoms with Gasteiger partial charge in [0.15, 0.2) is 0 Å². The third-order valence-electron chi connectivity index (χ3n) is 5.99. The van der Waals surface area contributed by atoms with Crippen molar-refractivity contribution in [2.24, 2.45) is 17.8 Å². The Bertz CT molecular complexity index is 567. The molecule has 0 radical (unpaired) electrons. The SMILES string of the molecule is Cc1[c-]ccc(C2=CCC(C3CCC(C=O)CC3)CC2)c1C.[Rb+]. The molecule has 0 aliphatic heterocycles. The van der Waals surface area contributed by atoms with Crippen LogP contribution in [0.3, 0.4) is 0 Å². The third-order valence-corrected chi connectivity index (χ3v) is 5.99. The topological polar surface area (TPSA) is 17.1 Å². The van der Waals surface area contributed by atoms with Crippen molar-refractivity contribution in [2.75, 3.05) is 0 Å². The minimum Gasteiger partial charge on any atom is -0.303 e. The maximum atomic E-state index is 10.9. The maximum Gasteiger partial charge on any atom is 1.00 e. The van der Waals surface area contributed by atoms with Gasteiger partial charge in [0.25, 0.3) is 0 Å². The first-order valence-corrected chi connectivity index (χ1v) is 8.81. The number of carbonyl (C=O) groups excluding carboxylic acids is 1. The smallest absolute Gasteiger partial charge is 0.303 e. The van der Waals surface area contributed by atoms with Gasteiger partial charge < -0.3 is 4.79 Å². The van der Waals surface area contributed by atoms with E-state index in [9.17, 15) is 4.79 Å². The normalized spacial score (nSPS) is 27.7. The first-order chi connectivity index (χ1) is 10.7. The number of benzene rings is 1. The van der Waals surface area contributed by atoms with Gasteiger partial charge >= 0.3 is 58.2 Å². The van der Waals surface area contributed by atoms with Crippen molar-refractivity contribution in [3.8, 4) is 0 Å². The summed E-state index contributed by atoms with van der Waals surface area (Å²) in [5.74, 6) is 2.03. The summed E-state index contributed by atoms with van der Waals surface area (Å²) in [6.07, 6.45) is 12.2. The van der Waals surface area contributed by atoms with Gasteiger partial charge in [0.1, 0.15) is 6.29 Å². The van der Waals surface area contributed by atoms with E-state index in [2.05, 4.69) is 38.1 Å². The fourth-order valence-electron chi connectivity index (χ4n) is 4.31. The second kappa shape index (κ2) is 9.22. The van der Waals surface area contributed by atoms with Crippen LogP contribution in [-0.2, 0) is 4.79 Å². The van der Waals surface area contributed by atoms with Gasteiger partial charge in [0, 0.05) is 5.92 Å². The second-order valence-electron chi connectivity index (χ2n) is 7.22. The number of hydrogen-bond donors (Lipinski definition) is 0. The van der Waals surface area contributed by atoms with Crippen LogP contribution < -0.4 is 58.2 Å². The Morgan fingerprint density at radius 3 is 2.43 bits per heavy atom. The predicted octanol–water partition coefficient (Wildman–Crippen LogP) is 2.30. The number of hydrogen-bond acceptors (Lipinski definition) is 1. The number of allylic oxidation sites excluding steroid dienone is 2. The van der Waals surface area contributed by atoms with Crippen molar-refractivity contribution in [2.45, 2.75) is 58.8 Å². The Hall–Kier alpha value is 0.435. The van der Waals surface area contributed by atoms with Crippen LogP contribution in [0, 0.1) is 37.7 Å². The van der Waals surface area contributed by atoms with Crippen molar-refractivity contribution in [1.82, 2.24) is 0 Å². The molecule has 3 rings (SSSR count). The van der Waals surface area contributed by atoms with Crippen LogP contribution >= 0.6 is 0 Å². The summed E-state index contributed by atoms with van der Waals surface area (Å²) in [5, 5.41) is 0. The molecule has 0 saturated heterocycles. The molecule has 1 atom stereocenters. The summed E-state index contributed by atoms with van der Waals surface area (Å²) < 4.78 is 0. The number of rotatable bonds is 3. The molecule has 118 valence electrons. The summed E-state index contributed by atoms with van der Waals surface area (Å²) in [6.45, 7) is 4.37. The molecule has 1 saturated carbocycles. The van der Waals surface area contributed by atoms with E-state index in [1.54, 1.807) is 0 Å². The minimum absolute atomic E-state index is 0. The summed E-state index contributed by atoms with van der Waals surface area (Å²) >= 11 is 0. The molecule has 1 nitrogen and oxygen atoms in total. The standard InChI is InChI=1S/C21H27O.Rb/c1-15-4-3-5-21(16(15)2)20-12-10-19(11-13-20)18-8-6-17(14-22)7-9-18;/h3,5,12,14,17-19H,6-11,13H2,1-2H3;/q-1;+1. The maximum absolute atomic E-state index is 10.9. The summed E-state index contributed by atoms with van der Waals surface area (Å²) in [5.41, 5.74) is 5.62. The number of carbonyl (C=O) groups is 1. The van der Waals surface area contributed by atoms with Crippen molar-refractivity contribution >= 4 is 11.9 Å². The van der Waals surface area contributed by atoms with Crippen LogP contribution in [0.2, 0.25) is 0 Å². The minimum atomic E-state index is 0. The van der Waals surface area contributed by atoms with E-state index < -0.39 is 0 Å². The molecule has 0 heterocycles. The molecule has 1 unspecified atom stereocenters. The Morgan fingerprint density at radius 2 is 1.83 bits per heavy atom. The van der Waals surface area contributed by atoms with E-state index in [0.717, 1.165) is 24.7 Å². The van der Waals surface area contributed by atoms with Gasteiger partial charge in [-0.25, -0.2) is 0 Å². The molecule has 2 aliphatic rings. The summed E-state index contributed by atoms with van der Waals surface area (Å²) in [4.78, 5) is 10.9. The second-order valence-corrected chi connectivity index (χ2v) is 7.22. The zero-order valence-electron chi connectivity index (χ0n) is 14.9. The van der Waals surface area contributed by atoms with Crippen LogP contribution in [0.1, 0.15) is 61.6 Å². The van der Waals surface area contributed by atoms with Crippen molar-refractivity contribution in [3.05, 3.63) is 41.0 Å². The van der Waals surface area contributed by atoms with Gasteiger partial charge in [0.05, 0.1) is 0 Å². The van der Waals surface area contributed by atoms with Crippen molar-refractivity contribution in [1.29, 1.82) is 0 Å². The molecular weight excluding hydrogens is 354 g/mol.